The molecular formula is C19H17ClN2O2. The van der Waals surface area contributed by atoms with Crippen LogP contribution < -0.4 is 0 Å². The molecule has 0 aliphatic carbocycles. The first-order valence-corrected chi connectivity index (χ1v) is 8.07. The second-order valence-electron chi connectivity index (χ2n) is 5.58. The van der Waals surface area contributed by atoms with Gasteiger partial charge in [-0.15, -0.1) is 0 Å². The molecule has 24 heavy (non-hydrogen) atoms. The van der Waals surface area contributed by atoms with Crippen LogP contribution in [0.3, 0.4) is 0 Å². The third-order valence-corrected chi connectivity index (χ3v) is 4.18. The third kappa shape index (κ3) is 2.93. The van der Waals surface area contributed by atoms with Crippen LogP contribution in [0.4, 0.5) is 0 Å². The number of aromatic carboxylic acids is 1. The summed E-state index contributed by atoms with van der Waals surface area (Å²) in [5.74, 6) is -0.977. The zero-order valence-corrected chi connectivity index (χ0v) is 14.2. The Morgan fingerprint density at radius 3 is 2.29 bits per heavy atom. The van der Waals surface area contributed by atoms with E-state index in [1.807, 2.05) is 38.1 Å². The molecule has 0 unspecified atom stereocenters. The Bertz CT molecular complexity index is 881. The van der Waals surface area contributed by atoms with Gasteiger partial charge in [-0.1, -0.05) is 48.4 Å². The minimum absolute atomic E-state index is 0.236. The van der Waals surface area contributed by atoms with Crippen molar-refractivity contribution in [1.29, 1.82) is 0 Å². The second-order valence-corrected chi connectivity index (χ2v) is 6.02. The van der Waals surface area contributed by atoms with Crippen molar-refractivity contribution in [3.8, 4) is 16.9 Å². The van der Waals surface area contributed by atoms with Gasteiger partial charge in [-0.3, -0.25) is 0 Å². The molecule has 5 heteroatoms. The van der Waals surface area contributed by atoms with Crippen molar-refractivity contribution in [3.05, 3.63) is 70.4 Å². The van der Waals surface area contributed by atoms with Crippen LogP contribution in [-0.2, 0) is 6.42 Å². The molecule has 0 amide bonds. The highest BCUT2D eigenvalue weighted by Gasteiger charge is 2.24. The van der Waals surface area contributed by atoms with Crippen molar-refractivity contribution in [2.45, 2.75) is 20.3 Å². The van der Waals surface area contributed by atoms with Crippen LogP contribution in [0.5, 0.6) is 0 Å². The molecule has 1 heterocycles. The van der Waals surface area contributed by atoms with Crippen LogP contribution >= 0.6 is 11.6 Å². The van der Waals surface area contributed by atoms with E-state index in [2.05, 4.69) is 5.10 Å². The number of aryl methyl sites for hydroxylation is 1. The van der Waals surface area contributed by atoms with Gasteiger partial charge in [-0.05, 0) is 37.6 Å². The molecule has 3 rings (SSSR count). The monoisotopic (exact) mass is 340 g/mol. The maximum Gasteiger partial charge on any atom is 0.339 e. The molecule has 1 aromatic heterocycles. The molecule has 0 radical (unpaired) electrons. The number of carboxylic acids is 1. The number of hydrogen-bond donors (Lipinski definition) is 1. The molecule has 0 fully saturated rings. The largest absolute Gasteiger partial charge is 0.478 e. The normalized spacial score (nSPS) is 10.8. The molecule has 0 saturated carbocycles. The Morgan fingerprint density at radius 2 is 1.75 bits per heavy atom. The van der Waals surface area contributed by atoms with Crippen molar-refractivity contribution < 1.29 is 9.90 Å². The number of aromatic nitrogens is 2. The van der Waals surface area contributed by atoms with Gasteiger partial charge in [0, 0.05) is 10.6 Å². The Labute approximate surface area is 145 Å². The van der Waals surface area contributed by atoms with Gasteiger partial charge >= 0.3 is 5.97 Å². The van der Waals surface area contributed by atoms with E-state index in [1.54, 1.807) is 28.9 Å². The summed E-state index contributed by atoms with van der Waals surface area (Å²) in [5, 5.41) is 14.9. The number of benzene rings is 2. The fourth-order valence-corrected chi connectivity index (χ4v) is 2.84. The van der Waals surface area contributed by atoms with Gasteiger partial charge in [0.1, 0.15) is 11.3 Å². The molecule has 122 valence electrons. The highest BCUT2D eigenvalue weighted by molar-refractivity contribution is 6.30. The number of carbonyl (C=O) groups is 1. The van der Waals surface area contributed by atoms with E-state index < -0.39 is 5.97 Å². The zero-order chi connectivity index (χ0) is 17.3. The van der Waals surface area contributed by atoms with Crippen molar-refractivity contribution in [2.75, 3.05) is 0 Å². The average molecular weight is 341 g/mol. The summed E-state index contributed by atoms with van der Waals surface area (Å²) in [7, 11) is 0. The highest BCUT2D eigenvalue weighted by Crippen LogP contribution is 2.29. The molecule has 0 spiro atoms. The van der Waals surface area contributed by atoms with Gasteiger partial charge in [0.15, 0.2) is 0 Å². The first-order valence-electron chi connectivity index (χ1n) is 7.69. The molecular weight excluding hydrogens is 324 g/mol. The van der Waals surface area contributed by atoms with Crippen LogP contribution in [0, 0.1) is 6.92 Å². The fourth-order valence-electron chi connectivity index (χ4n) is 2.71. The lowest BCUT2D eigenvalue weighted by Crippen LogP contribution is -2.05. The summed E-state index contributed by atoms with van der Waals surface area (Å²) in [6.45, 7) is 3.94. The Morgan fingerprint density at radius 1 is 1.12 bits per heavy atom. The lowest BCUT2D eigenvalue weighted by molar-refractivity contribution is 0.0696. The molecule has 0 atom stereocenters. The molecule has 1 N–H and O–H groups in total. The Kier molecular flexibility index (Phi) is 4.40. The highest BCUT2D eigenvalue weighted by atomic mass is 35.5. The van der Waals surface area contributed by atoms with Gasteiger partial charge in [-0.2, -0.15) is 5.10 Å². The summed E-state index contributed by atoms with van der Waals surface area (Å²) in [6.07, 6.45) is 0.566. The standard InChI is InChI=1S/C19H17ClN2O2/c1-3-16-17(19(23)24)18(13-6-8-14(20)9-7-13)21-22(16)15-10-4-12(2)5-11-15/h4-11H,3H2,1-2H3,(H,23,24). The Balaban J connectivity index is 2.24. The summed E-state index contributed by atoms with van der Waals surface area (Å²) >= 11 is 5.93. The van der Waals surface area contributed by atoms with Crippen molar-refractivity contribution >= 4 is 17.6 Å². The Hall–Kier alpha value is -2.59. The topological polar surface area (TPSA) is 55.1 Å². The van der Waals surface area contributed by atoms with E-state index in [1.165, 1.54) is 0 Å². The van der Waals surface area contributed by atoms with E-state index in [4.69, 9.17) is 11.6 Å². The van der Waals surface area contributed by atoms with Crippen LogP contribution in [0.2, 0.25) is 5.02 Å². The minimum atomic E-state index is -0.977. The van der Waals surface area contributed by atoms with Crippen LogP contribution in [0.25, 0.3) is 16.9 Å². The zero-order valence-electron chi connectivity index (χ0n) is 13.5. The molecule has 4 nitrogen and oxygen atoms in total. The van der Waals surface area contributed by atoms with Crippen LogP contribution in [-0.4, -0.2) is 20.9 Å². The summed E-state index contributed by atoms with van der Waals surface area (Å²) in [5.41, 5.74) is 4.09. The third-order valence-electron chi connectivity index (χ3n) is 3.93. The average Bonchev–Trinajstić information content (AvgIpc) is 2.96. The van der Waals surface area contributed by atoms with Gasteiger partial charge < -0.3 is 5.11 Å². The van der Waals surface area contributed by atoms with Crippen LogP contribution in [0.15, 0.2) is 48.5 Å². The predicted octanol–water partition coefficient (Wildman–Crippen LogP) is 4.76. The lowest BCUT2D eigenvalue weighted by Gasteiger charge is -2.06. The maximum atomic E-state index is 11.9. The number of carboxylic acid groups (broad SMARTS) is 1. The first kappa shape index (κ1) is 16.3. The van der Waals surface area contributed by atoms with E-state index in [0.29, 0.717) is 22.8 Å². The molecule has 0 bridgehead atoms. The smallest absolute Gasteiger partial charge is 0.339 e. The molecule has 0 aliphatic rings. The maximum absolute atomic E-state index is 11.9. The summed E-state index contributed by atoms with van der Waals surface area (Å²) in [6, 6.07) is 14.9. The molecule has 3 aromatic rings. The van der Waals surface area contributed by atoms with Gasteiger partial charge in [-0.25, -0.2) is 9.48 Å². The predicted molar refractivity (Wildman–Crippen MR) is 95.1 cm³/mol. The van der Waals surface area contributed by atoms with Gasteiger partial charge in [0.05, 0.1) is 11.4 Å². The lowest BCUT2D eigenvalue weighted by atomic mass is 10.0. The fraction of sp³-hybridized carbons (Fsp3) is 0.158. The van der Waals surface area contributed by atoms with E-state index in [9.17, 15) is 9.90 Å². The quantitative estimate of drug-likeness (QED) is 0.744. The number of hydrogen-bond acceptors (Lipinski definition) is 2. The molecule has 2 aromatic carbocycles. The number of nitrogens with zero attached hydrogens (tertiary/aromatic N) is 2. The van der Waals surface area contributed by atoms with E-state index >= 15 is 0 Å². The molecule has 0 aliphatic heterocycles. The van der Waals surface area contributed by atoms with Gasteiger partial charge in [0.2, 0.25) is 0 Å². The molecule has 0 saturated heterocycles. The minimum Gasteiger partial charge on any atom is -0.478 e. The van der Waals surface area contributed by atoms with E-state index in [-0.39, 0.29) is 5.56 Å². The summed E-state index contributed by atoms with van der Waals surface area (Å²) in [4.78, 5) is 11.9. The van der Waals surface area contributed by atoms with Gasteiger partial charge in [0.25, 0.3) is 0 Å². The van der Waals surface area contributed by atoms with Crippen molar-refractivity contribution in [3.63, 3.8) is 0 Å². The SMILES string of the molecule is CCc1c(C(=O)O)c(-c2ccc(Cl)cc2)nn1-c1ccc(C)cc1. The number of rotatable bonds is 4. The first-order chi connectivity index (χ1) is 11.5. The van der Waals surface area contributed by atoms with Crippen LogP contribution in [0.1, 0.15) is 28.5 Å². The number of halogens is 1. The van der Waals surface area contributed by atoms with Crippen molar-refractivity contribution in [1.82, 2.24) is 9.78 Å². The van der Waals surface area contributed by atoms with Crippen molar-refractivity contribution in [2.24, 2.45) is 0 Å². The van der Waals surface area contributed by atoms with E-state index in [0.717, 1.165) is 16.8 Å². The summed E-state index contributed by atoms with van der Waals surface area (Å²) < 4.78 is 1.72. The second kappa shape index (κ2) is 6.49.